The minimum absolute atomic E-state index is 0.0298. The Morgan fingerprint density at radius 2 is 2.25 bits per heavy atom. The number of anilines is 1. The summed E-state index contributed by atoms with van der Waals surface area (Å²) in [6.07, 6.45) is 2.90. The molecule has 1 aliphatic carbocycles. The van der Waals surface area contributed by atoms with E-state index >= 15 is 0 Å². The molecule has 0 spiro atoms. The lowest BCUT2D eigenvalue weighted by molar-refractivity contribution is 0.100. The summed E-state index contributed by atoms with van der Waals surface area (Å²) in [4.78, 5) is 11.4. The zero-order valence-corrected chi connectivity index (χ0v) is 11.9. The van der Waals surface area contributed by atoms with Crippen LogP contribution in [0.15, 0.2) is 0 Å². The molecule has 1 saturated heterocycles. The van der Waals surface area contributed by atoms with Crippen molar-refractivity contribution in [3.05, 3.63) is 11.3 Å². The van der Waals surface area contributed by atoms with Gasteiger partial charge >= 0.3 is 10.2 Å². The average molecular weight is 299 g/mol. The minimum Gasteiger partial charge on any atom is -0.365 e. The number of hydrogen-bond acceptors (Lipinski definition) is 4. The van der Waals surface area contributed by atoms with Crippen LogP contribution in [0.25, 0.3) is 0 Å². The number of carbonyl (C=O) groups is 1. The lowest BCUT2D eigenvalue weighted by atomic mass is 10.1. The molecule has 0 radical (unpaired) electrons. The van der Waals surface area contributed by atoms with Crippen LogP contribution in [0.4, 0.5) is 5.82 Å². The van der Waals surface area contributed by atoms with E-state index in [0.29, 0.717) is 18.2 Å². The first-order valence-electron chi connectivity index (χ1n) is 6.53. The number of H-pyrrole nitrogens is 1. The number of aromatic amines is 1. The summed E-state index contributed by atoms with van der Waals surface area (Å²) < 4.78 is 28.6. The first-order valence-corrected chi connectivity index (χ1v) is 7.97. The molecule has 1 saturated carbocycles. The number of carbonyl (C=O) groups excluding carboxylic acids is 1. The highest BCUT2D eigenvalue weighted by molar-refractivity contribution is 7.90. The van der Waals surface area contributed by atoms with Gasteiger partial charge in [0.2, 0.25) is 0 Å². The molecule has 2 bridgehead atoms. The van der Waals surface area contributed by atoms with Gasteiger partial charge < -0.3 is 5.73 Å². The summed E-state index contributed by atoms with van der Waals surface area (Å²) in [5, 5.41) is 6.38. The second kappa shape index (κ2) is 4.45. The second-order valence-corrected chi connectivity index (χ2v) is 7.07. The smallest absolute Gasteiger partial charge is 0.303 e. The van der Waals surface area contributed by atoms with Crippen LogP contribution in [0.2, 0.25) is 0 Å². The lowest BCUT2D eigenvalue weighted by Gasteiger charge is -2.26. The molecular formula is C11H17N5O3S. The van der Waals surface area contributed by atoms with E-state index in [-0.39, 0.29) is 17.4 Å². The number of nitrogens with two attached hydrogens (primary N) is 1. The van der Waals surface area contributed by atoms with Crippen LogP contribution in [0.1, 0.15) is 35.3 Å². The second-order valence-electron chi connectivity index (χ2n) is 5.45. The number of aryl methyl sites for hydroxylation is 1. The fourth-order valence-electron chi connectivity index (χ4n) is 3.16. The van der Waals surface area contributed by atoms with Crippen molar-refractivity contribution in [3.8, 4) is 0 Å². The third-order valence-electron chi connectivity index (χ3n) is 4.09. The lowest BCUT2D eigenvalue weighted by Crippen LogP contribution is -2.41. The zero-order chi connectivity index (χ0) is 14.5. The maximum atomic E-state index is 12.4. The van der Waals surface area contributed by atoms with E-state index in [0.717, 1.165) is 19.3 Å². The Bertz CT molecular complexity index is 653. The van der Waals surface area contributed by atoms with Crippen molar-refractivity contribution in [2.24, 2.45) is 11.7 Å². The van der Waals surface area contributed by atoms with Crippen molar-refractivity contribution in [1.29, 1.82) is 0 Å². The van der Waals surface area contributed by atoms with Crippen molar-refractivity contribution < 1.29 is 13.2 Å². The molecule has 1 aliphatic heterocycles. The molecule has 2 heterocycles. The molecule has 3 rings (SSSR count). The number of nitrogens with zero attached hydrogens (tertiary/aromatic N) is 2. The van der Waals surface area contributed by atoms with Crippen LogP contribution < -0.4 is 10.5 Å². The molecule has 1 amide bonds. The molecule has 1 aromatic heterocycles. The Morgan fingerprint density at radius 3 is 2.80 bits per heavy atom. The number of primary amides is 1. The molecule has 0 aromatic carbocycles. The van der Waals surface area contributed by atoms with Gasteiger partial charge in [-0.25, -0.2) is 0 Å². The number of rotatable bonds is 4. The molecule has 2 aliphatic rings. The number of nitrogens with one attached hydrogen (secondary N) is 2. The summed E-state index contributed by atoms with van der Waals surface area (Å²) >= 11 is 0. The molecule has 9 heteroatoms. The van der Waals surface area contributed by atoms with Crippen LogP contribution in [-0.4, -0.2) is 41.4 Å². The van der Waals surface area contributed by atoms with Gasteiger partial charge in [-0.15, -0.1) is 0 Å². The fourth-order valence-corrected chi connectivity index (χ4v) is 4.66. The number of hydrogen-bond donors (Lipinski definition) is 3. The van der Waals surface area contributed by atoms with Gasteiger partial charge in [0.15, 0.2) is 5.82 Å². The molecule has 20 heavy (non-hydrogen) atoms. The van der Waals surface area contributed by atoms with Crippen molar-refractivity contribution >= 4 is 21.9 Å². The predicted molar refractivity (Wildman–Crippen MR) is 72.2 cm³/mol. The number of piperidine rings is 1. The number of amides is 1. The molecule has 110 valence electrons. The normalized spacial score (nSPS) is 26.1. The van der Waals surface area contributed by atoms with Crippen molar-refractivity contribution in [1.82, 2.24) is 14.5 Å². The van der Waals surface area contributed by atoms with Crippen LogP contribution in [0, 0.1) is 12.8 Å². The third kappa shape index (κ3) is 2.06. The van der Waals surface area contributed by atoms with E-state index in [1.54, 1.807) is 6.92 Å². The van der Waals surface area contributed by atoms with Crippen molar-refractivity contribution in [2.45, 2.75) is 32.2 Å². The topological polar surface area (TPSA) is 121 Å². The van der Waals surface area contributed by atoms with Crippen LogP contribution in [0.3, 0.4) is 0 Å². The highest BCUT2D eigenvalue weighted by atomic mass is 32.2. The summed E-state index contributed by atoms with van der Waals surface area (Å²) in [6, 6.07) is 0.0644. The van der Waals surface area contributed by atoms with E-state index in [1.807, 2.05) is 0 Å². The van der Waals surface area contributed by atoms with Gasteiger partial charge in [0.1, 0.15) is 5.56 Å². The Hall–Kier alpha value is -1.61. The van der Waals surface area contributed by atoms with Gasteiger partial charge in [0, 0.05) is 18.3 Å². The van der Waals surface area contributed by atoms with Gasteiger partial charge in [0.05, 0.1) is 0 Å². The van der Waals surface area contributed by atoms with Crippen molar-refractivity contribution in [3.63, 3.8) is 0 Å². The maximum Gasteiger partial charge on any atom is 0.303 e. The van der Waals surface area contributed by atoms with Gasteiger partial charge in [-0.2, -0.15) is 17.8 Å². The fraction of sp³-hybridized carbons (Fsp3) is 0.636. The zero-order valence-electron chi connectivity index (χ0n) is 11.1. The Kier molecular flexibility index (Phi) is 2.98. The number of fused-ring (bicyclic) bond motifs is 2. The van der Waals surface area contributed by atoms with Gasteiger partial charge in [-0.05, 0) is 32.1 Å². The standard InChI is InChI=1S/C11H17N5O3S/c1-6-9(10(12)17)11(14-13-6)15-20(18,19)16-5-7-2-3-8(16)4-7/h7-8H,2-5H2,1H3,(H2,12,17)(H2,13,14,15). The van der Waals surface area contributed by atoms with Gasteiger partial charge in [0.25, 0.3) is 5.91 Å². The molecule has 8 nitrogen and oxygen atoms in total. The van der Waals surface area contributed by atoms with E-state index < -0.39 is 16.1 Å². The SMILES string of the molecule is Cc1[nH]nc(NS(=O)(=O)N2CC3CCC2C3)c1C(N)=O. The van der Waals surface area contributed by atoms with Crippen LogP contribution in [0.5, 0.6) is 0 Å². The summed E-state index contributed by atoms with van der Waals surface area (Å²) in [7, 11) is -3.69. The van der Waals surface area contributed by atoms with E-state index in [1.165, 1.54) is 4.31 Å². The van der Waals surface area contributed by atoms with Crippen molar-refractivity contribution in [2.75, 3.05) is 11.3 Å². The van der Waals surface area contributed by atoms with E-state index in [2.05, 4.69) is 14.9 Å². The Morgan fingerprint density at radius 1 is 1.50 bits per heavy atom. The van der Waals surface area contributed by atoms with Crippen LogP contribution >= 0.6 is 0 Å². The minimum atomic E-state index is -3.69. The summed E-state index contributed by atoms with van der Waals surface area (Å²) in [5.41, 5.74) is 5.77. The monoisotopic (exact) mass is 299 g/mol. The van der Waals surface area contributed by atoms with E-state index in [4.69, 9.17) is 5.73 Å². The first kappa shape index (κ1) is 13.4. The summed E-state index contributed by atoms with van der Waals surface area (Å²) in [5.74, 6) is -0.289. The summed E-state index contributed by atoms with van der Waals surface area (Å²) in [6.45, 7) is 2.15. The molecule has 4 N–H and O–H groups in total. The molecule has 2 unspecified atom stereocenters. The maximum absolute atomic E-state index is 12.4. The Labute approximate surface area is 116 Å². The Balaban J connectivity index is 1.86. The van der Waals surface area contributed by atoms with Crippen LogP contribution in [-0.2, 0) is 10.2 Å². The molecule has 1 aromatic rings. The van der Waals surface area contributed by atoms with E-state index in [9.17, 15) is 13.2 Å². The first-order chi connectivity index (χ1) is 9.38. The third-order valence-corrected chi connectivity index (χ3v) is 5.60. The average Bonchev–Trinajstić information content (AvgIpc) is 3.04. The molecular weight excluding hydrogens is 282 g/mol. The quantitative estimate of drug-likeness (QED) is 0.722. The highest BCUT2D eigenvalue weighted by Crippen LogP contribution is 2.39. The van der Waals surface area contributed by atoms with Gasteiger partial charge in [-0.3, -0.25) is 14.6 Å². The molecule has 2 fully saturated rings. The number of aromatic nitrogens is 2. The predicted octanol–water partition coefficient (Wildman–Crippen LogP) is -0.0420. The highest BCUT2D eigenvalue weighted by Gasteiger charge is 2.44. The van der Waals surface area contributed by atoms with Gasteiger partial charge in [-0.1, -0.05) is 0 Å². The molecule has 2 atom stereocenters. The largest absolute Gasteiger partial charge is 0.365 e.